The van der Waals surface area contributed by atoms with Gasteiger partial charge >= 0.3 is 0 Å². The molecule has 4 heterocycles. The summed E-state index contributed by atoms with van der Waals surface area (Å²) in [5.41, 5.74) is 1.16. The van der Waals surface area contributed by atoms with Crippen molar-refractivity contribution in [1.82, 2.24) is 5.32 Å². The minimum absolute atomic E-state index is 0.157. The van der Waals surface area contributed by atoms with Crippen molar-refractivity contribution in [3.05, 3.63) is 24.3 Å². The molecule has 6 nitrogen and oxygen atoms in total. The number of thiocarbonyl (C=S) groups is 1. The first-order chi connectivity index (χ1) is 11.1. The second-order valence-electron chi connectivity index (χ2n) is 7.13. The molecule has 4 aliphatic rings. The first-order valence-corrected chi connectivity index (χ1v) is 8.88. The Kier molecular flexibility index (Phi) is 3.88. The highest BCUT2D eigenvalue weighted by Crippen LogP contribution is 2.15. The molecule has 7 heteroatoms. The number of nitrogens with one attached hydrogen (secondary N) is 5. The van der Waals surface area contributed by atoms with E-state index in [0.717, 1.165) is 16.5 Å². The van der Waals surface area contributed by atoms with Gasteiger partial charge < -0.3 is 15.4 Å². The highest BCUT2D eigenvalue weighted by molar-refractivity contribution is 7.80. The van der Waals surface area contributed by atoms with Gasteiger partial charge in [-0.05, 0) is 43.4 Å². The van der Waals surface area contributed by atoms with Gasteiger partial charge in [0, 0.05) is 5.69 Å². The molecule has 4 fully saturated rings. The molecule has 0 radical (unpaired) electrons. The molecule has 1 aromatic rings. The summed E-state index contributed by atoms with van der Waals surface area (Å²) in [5.74, 6) is 0.891. The predicted molar refractivity (Wildman–Crippen MR) is 91.8 cm³/mol. The number of quaternary nitrogens is 3. The van der Waals surface area contributed by atoms with Crippen LogP contribution in [-0.4, -0.2) is 56.9 Å². The first kappa shape index (κ1) is 15.1. The number of hydrogen-bond acceptors (Lipinski definition) is 2. The molecule has 4 saturated heterocycles. The van der Waals surface area contributed by atoms with E-state index >= 15 is 0 Å². The minimum Gasteiger partial charge on any atom is -0.494 e. The fourth-order valence-electron chi connectivity index (χ4n) is 4.58. The summed E-state index contributed by atoms with van der Waals surface area (Å²) in [4.78, 5) is 5.11. The van der Waals surface area contributed by atoms with Crippen molar-refractivity contribution in [1.29, 1.82) is 0 Å². The maximum absolute atomic E-state index is 5.57. The minimum atomic E-state index is 0.157. The Bertz CT molecular complexity index is 555. The van der Waals surface area contributed by atoms with Gasteiger partial charge in [0.05, 0.1) is 6.61 Å². The Labute approximate surface area is 142 Å². The van der Waals surface area contributed by atoms with Crippen LogP contribution in [0.4, 0.5) is 5.69 Å². The average Bonchev–Trinajstić information content (AvgIpc) is 2.47. The van der Waals surface area contributed by atoms with Crippen molar-refractivity contribution in [2.24, 2.45) is 0 Å². The van der Waals surface area contributed by atoms with Crippen LogP contribution in [0.2, 0.25) is 0 Å². The van der Waals surface area contributed by atoms with Gasteiger partial charge in [-0.15, -0.1) is 0 Å². The van der Waals surface area contributed by atoms with Gasteiger partial charge in [0.25, 0.3) is 0 Å². The van der Waals surface area contributed by atoms with Crippen molar-refractivity contribution < 1.29 is 19.4 Å². The summed E-state index contributed by atoms with van der Waals surface area (Å²) in [6.07, 6.45) is 0. The number of anilines is 1. The smallest absolute Gasteiger partial charge is 0.213 e. The molecule has 4 bridgehead atoms. The molecule has 4 aliphatic heterocycles. The number of ether oxygens (including phenoxy) is 1. The lowest BCUT2D eigenvalue weighted by atomic mass is 9.91. The van der Waals surface area contributed by atoms with Gasteiger partial charge in [0.15, 0.2) is 10.7 Å². The van der Waals surface area contributed by atoms with Crippen molar-refractivity contribution in [3.63, 3.8) is 0 Å². The molecule has 5 N–H and O–H groups in total. The molecule has 0 aliphatic carbocycles. The third-order valence-electron chi connectivity index (χ3n) is 5.07. The normalized spacial score (nSPS) is 34.2. The van der Waals surface area contributed by atoms with E-state index in [1.54, 1.807) is 14.7 Å². The van der Waals surface area contributed by atoms with Crippen LogP contribution in [0, 0.1) is 0 Å². The molecule has 0 aromatic heterocycles. The Morgan fingerprint density at radius 3 is 2.17 bits per heavy atom. The highest BCUT2D eigenvalue weighted by atomic mass is 32.1. The van der Waals surface area contributed by atoms with Crippen molar-refractivity contribution in [2.75, 3.05) is 51.6 Å². The lowest BCUT2D eigenvalue weighted by Gasteiger charge is -2.52. The number of hydrogen-bond donors (Lipinski definition) is 5. The summed E-state index contributed by atoms with van der Waals surface area (Å²) in [6, 6.07) is 7.97. The first-order valence-electron chi connectivity index (χ1n) is 8.47. The van der Waals surface area contributed by atoms with Crippen LogP contribution in [0.15, 0.2) is 24.3 Å². The predicted octanol–water partition coefficient (Wildman–Crippen LogP) is -3.32. The third kappa shape index (κ3) is 3.14. The van der Waals surface area contributed by atoms with E-state index in [2.05, 4.69) is 10.6 Å². The van der Waals surface area contributed by atoms with Crippen molar-refractivity contribution in [3.8, 4) is 5.75 Å². The third-order valence-corrected chi connectivity index (χ3v) is 5.27. The second-order valence-corrected chi connectivity index (χ2v) is 7.54. The quantitative estimate of drug-likeness (QED) is 0.374. The van der Waals surface area contributed by atoms with E-state index < -0.39 is 0 Å². The summed E-state index contributed by atoms with van der Waals surface area (Å²) in [7, 11) is 0. The maximum atomic E-state index is 5.57. The molecule has 0 saturated carbocycles. The van der Waals surface area contributed by atoms with Crippen LogP contribution in [0.25, 0.3) is 0 Å². The van der Waals surface area contributed by atoms with Crippen LogP contribution in [0.1, 0.15) is 6.92 Å². The zero-order chi connectivity index (χ0) is 15.9. The molecule has 1 aromatic carbocycles. The number of rotatable bonds is 4. The molecule has 0 atom stereocenters. The summed E-state index contributed by atoms with van der Waals surface area (Å²) in [5, 5.41) is 7.70. The largest absolute Gasteiger partial charge is 0.494 e. The maximum Gasteiger partial charge on any atom is 0.213 e. The Balaban J connectivity index is 1.38. The zero-order valence-corrected chi connectivity index (χ0v) is 14.4. The fourth-order valence-corrected chi connectivity index (χ4v) is 4.92. The van der Waals surface area contributed by atoms with Gasteiger partial charge in [0.1, 0.15) is 25.4 Å². The summed E-state index contributed by atoms with van der Waals surface area (Å²) >= 11 is 5.57. The second kappa shape index (κ2) is 5.90. The van der Waals surface area contributed by atoms with E-state index in [-0.39, 0.29) is 5.54 Å². The fraction of sp³-hybridized carbons (Fsp3) is 0.562. The topological polar surface area (TPSA) is 46.6 Å². The Morgan fingerprint density at radius 1 is 1.09 bits per heavy atom. The highest BCUT2D eigenvalue weighted by Gasteiger charge is 2.57. The lowest BCUT2D eigenvalue weighted by Crippen LogP contribution is -3.56. The molecular weight excluding hydrogens is 310 g/mol. The molecule has 0 unspecified atom stereocenters. The van der Waals surface area contributed by atoms with E-state index in [1.807, 2.05) is 31.2 Å². The molecule has 5 rings (SSSR count). The molecule has 0 amide bonds. The SMILES string of the molecule is CCOc1ccc(NC(=S)NC23C[NH+]4C[NH+](C[NH+](C4)C2)C3)cc1. The van der Waals surface area contributed by atoms with Gasteiger partial charge in [-0.3, -0.25) is 0 Å². The Morgan fingerprint density at radius 2 is 1.65 bits per heavy atom. The molecular formula is C16H26N5OS+3. The summed E-state index contributed by atoms with van der Waals surface area (Å²) in [6.45, 7) is 10.0. The van der Waals surface area contributed by atoms with Crippen LogP contribution in [0.3, 0.4) is 0 Å². The lowest BCUT2D eigenvalue weighted by molar-refractivity contribution is -1.29. The number of benzene rings is 1. The average molecular weight is 336 g/mol. The summed E-state index contributed by atoms with van der Waals surface area (Å²) < 4.78 is 5.47. The van der Waals surface area contributed by atoms with Crippen molar-refractivity contribution >= 4 is 23.0 Å². The van der Waals surface area contributed by atoms with Crippen LogP contribution in [0.5, 0.6) is 5.75 Å². The standard InChI is InChI=1S/C16H23N5OS/c1-2-22-14-5-3-13(4-6-14)17-15(23)18-16-7-19-10-20(8-16)12-21(9-16)11-19/h3-6H,2,7-12H2,1H3,(H2,17,18,23)/p+3. The zero-order valence-electron chi connectivity index (χ0n) is 13.6. The van der Waals surface area contributed by atoms with E-state index in [4.69, 9.17) is 17.0 Å². The van der Waals surface area contributed by atoms with E-state index in [9.17, 15) is 0 Å². The molecule has 124 valence electrons. The van der Waals surface area contributed by atoms with Crippen LogP contribution >= 0.6 is 12.2 Å². The van der Waals surface area contributed by atoms with Crippen molar-refractivity contribution in [2.45, 2.75) is 12.5 Å². The van der Waals surface area contributed by atoms with E-state index in [0.29, 0.717) is 6.61 Å². The van der Waals surface area contributed by atoms with Gasteiger partial charge in [-0.25, -0.2) is 14.7 Å². The monoisotopic (exact) mass is 336 g/mol. The van der Waals surface area contributed by atoms with Crippen LogP contribution < -0.4 is 30.1 Å². The Hall–Kier alpha value is -1.41. The molecule has 0 spiro atoms. The van der Waals surface area contributed by atoms with Crippen LogP contribution in [-0.2, 0) is 0 Å². The van der Waals surface area contributed by atoms with Gasteiger partial charge in [0.2, 0.25) is 20.0 Å². The molecule has 23 heavy (non-hydrogen) atoms. The van der Waals surface area contributed by atoms with Gasteiger partial charge in [-0.1, -0.05) is 0 Å². The van der Waals surface area contributed by atoms with Gasteiger partial charge in [-0.2, -0.15) is 0 Å². The van der Waals surface area contributed by atoms with E-state index in [1.165, 1.54) is 39.6 Å².